The largest absolute Gasteiger partial charge is 0.497 e. The number of rotatable bonds is 5. The molecule has 3 heterocycles. The van der Waals surface area contributed by atoms with Crippen LogP contribution in [0, 0.1) is 5.92 Å². The van der Waals surface area contributed by atoms with E-state index in [1.807, 2.05) is 12.1 Å². The Morgan fingerprint density at radius 2 is 1.90 bits per heavy atom. The third-order valence-corrected chi connectivity index (χ3v) is 4.43. The van der Waals surface area contributed by atoms with E-state index < -0.39 is 0 Å². The van der Waals surface area contributed by atoms with Crippen molar-refractivity contribution in [2.75, 3.05) is 33.4 Å². The van der Waals surface area contributed by atoms with Crippen LogP contribution in [-0.4, -0.2) is 50.2 Å². The Bertz CT molecular complexity index is 481. The molecule has 0 spiro atoms. The monoisotopic (exact) mass is 290 g/mol. The van der Waals surface area contributed by atoms with E-state index >= 15 is 0 Å². The van der Waals surface area contributed by atoms with E-state index in [1.165, 1.54) is 25.9 Å². The summed E-state index contributed by atoms with van der Waals surface area (Å²) in [4.78, 5) is 14.4. The molecule has 3 fully saturated rings. The number of benzene rings is 1. The second-order valence-electron chi connectivity index (χ2n) is 5.78. The number of carbonyl (C=O) groups is 1. The predicted octanol–water partition coefficient (Wildman–Crippen LogP) is 1.28. The summed E-state index contributed by atoms with van der Waals surface area (Å²) in [7, 11) is 1.62. The fourth-order valence-electron chi connectivity index (χ4n) is 3.20. The van der Waals surface area contributed by atoms with Crippen molar-refractivity contribution >= 4 is 5.91 Å². The number of fused-ring (bicyclic) bond motifs is 3. The topological polar surface area (TPSA) is 50.8 Å². The van der Waals surface area contributed by atoms with Gasteiger partial charge in [0, 0.05) is 12.6 Å². The maximum atomic E-state index is 12.0. The summed E-state index contributed by atoms with van der Waals surface area (Å²) in [6.45, 7) is 3.41. The van der Waals surface area contributed by atoms with Gasteiger partial charge in [0.1, 0.15) is 11.5 Å². The van der Waals surface area contributed by atoms with Crippen LogP contribution in [0.1, 0.15) is 12.8 Å². The van der Waals surface area contributed by atoms with Gasteiger partial charge >= 0.3 is 0 Å². The molecular weight excluding hydrogens is 268 g/mol. The Kier molecular flexibility index (Phi) is 4.29. The van der Waals surface area contributed by atoms with Crippen molar-refractivity contribution in [2.45, 2.75) is 18.9 Å². The number of hydrogen-bond acceptors (Lipinski definition) is 4. The lowest BCUT2D eigenvalue weighted by Gasteiger charge is -2.44. The molecule has 0 aromatic heterocycles. The molecule has 4 rings (SSSR count). The van der Waals surface area contributed by atoms with E-state index in [-0.39, 0.29) is 12.5 Å². The molecule has 5 heteroatoms. The highest BCUT2D eigenvalue weighted by Crippen LogP contribution is 2.27. The van der Waals surface area contributed by atoms with Crippen LogP contribution in [0.15, 0.2) is 24.3 Å². The first-order valence-corrected chi connectivity index (χ1v) is 7.53. The Morgan fingerprint density at radius 1 is 1.24 bits per heavy atom. The quantitative estimate of drug-likeness (QED) is 0.887. The van der Waals surface area contributed by atoms with Crippen molar-refractivity contribution in [2.24, 2.45) is 5.92 Å². The van der Waals surface area contributed by atoms with Crippen molar-refractivity contribution in [3.63, 3.8) is 0 Å². The number of nitrogens with one attached hydrogen (secondary N) is 1. The Morgan fingerprint density at radius 3 is 2.48 bits per heavy atom. The van der Waals surface area contributed by atoms with E-state index in [9.17, 15) is 4.79 Å². The number of nitrogens with zero attached hydrogens (tertiary/aromatic N) is 1. The normalized spacial score (nSPS) is 27.2. The minimum Gasteiger partial charge on any atom is -0.497 e. The summed E-state index contributed by atoms with van der Waals surface area (Å²) in [5, 5.41) is 3.11. The maximum Gasteiger partial charge on any atom is 0.258 e. The summed E-state index contributed by atoms with van der Waals surface area (Å²) in [6.07, 6.45) is 2.40. The lowest BCUT2D eigenvalue weighted by atomic mass is 9.84. The fraction of sp³-hybridized carbons (Fsp3) is 0.562. The van der Waals surface area contributed by atoms with Crippen LogP contribution >= 0.6 is 0 Å². The highest BCUT2D eigenvalue weighted by atomic mass is 16.5. The predicted molar refractivity (Wildman–Crippen MR) is 79.6 cm³/mol. The number of carbonyl (C=O) groups excluding carboxylic acids is 1. The van der Waals surface area contributed by atoms with E-state index in [0.29, 0.717) is 17.7 Å². The van der Waals surface area contributed by atoms with Gasteiger partial charge in [-0.05, 0) is 56.1 Å². The molecule has 1 aromatic carbocycles. The minimum absolute atomic E-state index is 0.0374. The molecule has 114 valence electrons. The van der Waals surface area contributed by atoms with Crippen LogP contribution in [0.25, 0.3) is 0 Å². The van der Waals surface area contributed by atoms with Gasteiger partial charge < -0.3 is 19.7 Å². The smallest absolute Gasteiger partial charge is 0.258 e. The molecule has 1 unspecified atom stereocenters. The van der Waals surface area contributed by atoms with Crippen molar-refractivity contribution in [1.82, 2.24) is 10.2 Å². The highest BCUT2D eigenvalue weighted by molar-refractivity contribution is 5.78. The van der Waals surface area contributed by atoms with Gasteiger partial charge in [-0.3, -0.25) is 4.79 Å². The van der Waals surface area contributed by atoms with Gasteiger partial charge in [-0.1, -0.05) is 0 Å². The Hall–Kier alpha value is -1.75. The highest BCUT2D eigenvalue weighted by Gasteiger charge is 2.34. The van der Waals surface area contributed by atoms with Gasteiger partial charge in [-0.25, -0.2) is 0 Å². The third-order valence-electron chi connectivity index (χ3n) is 4.43. The molecule has 3 aliphatic heterocycles. The van der Waals surface area contributed by atoms with Crippen molar-refractivity contribution in [3.05, 3.63) is 24.3 Å². The molecule has 0 aliphatic carbocycles. The van der Waals surface area contributed by atoms with Gasteiger partial charge in [0.05, 0.1) is 7.11 Å². The number of amides is 1. The molecule has 2 bridgehead atoms. The summed E-state index contributed by atoms with van der Waals surface area (Å²) < 4.78 is 10.6. The van der Waals surface area contributed by atoms with Gasteiger partial charge in [-0.2, -0.15) is 0 Å². The molecule has 1 amide bonds. The number of piperidine rings is 3. The van der Waals surface area contributed by atoms with Gasteiger partial charge in [-0.15, -0.1) is 0 Å². The van der Waals surface area contributed by atoms with Gasteiger partial charge in [0.15, 0.2) is 6.61 Å². The lowest BCUT2D eigenvalue weighted by molar-refractivity contribution is -0.125. The second-order valence-corrected chi connectivity index (χ2v) is 5.78. The zero-order chi connectivity index (χ0) is 14.7. The molecule has 3 saturated heterocycles. The van der Waals surface area contributed by atoms with Crippen LogP contribution in [-0.2, 0) is 4.79 Å². The number of ether oxygens (including phenoxy) is 2. The number of methoxy groups -OCH3 is 1. The fourth-order valence-corrected chi connectivity index (χ4v) is 3.20. The standard InChI is InChI=1S/C16H22N2O3/c1-20-13-2-4-14(5-3-13)21-11-16(19)17-15-10-18-8-6-12(15)7-9-18/h2-5,12,15H,6-11H2,1H3,(H,17,19). The zero-order valence-electron chi connectivity index (χ0n) is 12.4. The number of hydrogen-bond donors (Lipinski definition) is 1. The minimum atomic E-state index is -0.0374. The maximum absolute atomic E-state index is 12.0. The van der Waals surface area contributed by atoms with E-state index in [1.54, 1.807) is 19.2 Å². The first kappa shape index (κ1) is 14.2. The summed E-state index contributed by atoms with van der Waals surface area (Å²) in [5.74, 6) is 2.06. The summed E-state index contributed by atoms with van der Waals surface area (Å²) in [6, 6.07) is 7.54. The zero-order valence-corrected chi connectivity index (χ0v) is 12.4. The second kappa shape index (κ2) is 6.35. The molecule has 1 N–H and O–H groups in total. The molecule has 0 radical (unpaired) electrons. The molecular formula is C16H22N2O3. The summed E-state index contributed by atoms with van der Waals surface area (Å²) >= 11 is 0. The van der Waals surface area contributed by atoms with Crippen LogP contribution in [0.2, 0.25) is 0 Å². The molecule has 0 saturated carbocycles. The lowest BCUT2D eigenvalue weighted by Crippen LogP contribution is -2.57. The van der Waals surface area contributed by atoms with Crippen LogP contribution < -0.4 is 14.8 Å². The summed E-state index contributed by atoms with van der Waals surface area (Å²) in [5.41, 5.74) is 0. The van der Waals surface area contributed by atoms with Gasteiger partial charge in [0.25, 0.3) is 5.91 Å². The van der Waals surface area contributed by atoms with E-state index in [0.717, 1.165) is 12.3 Å². The molecule has 5 nitrogen and oxygen atoms in total. The average molecular weight is 290 g/mol. The van der Waals surface area contributed by atoms with Crippen LogP contribution in [0.3, 0.4) is 0 Å². The van der Waals surface area contributed by atoms with Crippen LogP contribution in [0.4, 0.5) is 0 Å². The molecule has 3 aliphatic rings. The SMILES string of the molecule is COc1ccc(OCC(=O)NC2CN3CCC2CC3)cc1. The van der Waals surface area contributed by atoms with Crippen molar-refractivity contribution in [1.29, 1.82) is 0 Å². The van der Waals surface area contributed by atoms with Crippen LogP contribution in [0.5, 0.6) is 11.5 Å². The van der Waals surface area contributed by atoms with E-state index in [4.69, 9.17) is 9.47 Å². The van der Waals surface area contributed by atoms with Crippen molar-refractivity contribution in [3.8, 4) is 11.5 Å². The molecule has 21 heavy (non-hydrogen) atoms. The first-order chi connectivity index (χ1) is 10.2. The van der Waals surface area contributed by atoms with Crippen molar-refractivity contribution < 1.29 is 14.3 Å². The van der Waals surface area contributed by atoms with Gasteiger partial charge in [0.2, 0.25) is 0 Å². The third kappa shape index (κ3) is 3.47. The molecule has 1 aromatic rings. The average Bonchev–Trinajstić information content (AvgIpc) is 2.54. The first-order valence-electron chi connectivity index (χ1n) is 7.53. The molecule has 1 atom stereocenters. The Balaban J connectivity index is 1.45. The van der Waals surface area contributed by atoms with E-state index in [2.05, 4.69) is 10.2 Å². The Labute approximate surface area is 125 Å².